The largest absolute Gasteiger partial charge is 0.361 e. The molecule has 1 aromatic heterocycles. The van der Waals surface area contributed by atoms with Crippen LogP contribution in [0.2, 0.25) is 0 Å². The number of hydrogen-bond acceptors (Lipinski definition) is 5. The van der Waals surface area contributed by atoms with Gasteiger partial charge in [-0.15, -0.1) is 0 Å². The molecule has 0 unspecified atom stereocenters. The average molecular weight is 252 g/mol. The molecule has 0 bridgehead atoms. The second-order valence-electron chi connectivity index (χ2n) is 3.87. The maximum atomic E-state index is 11.5. The molecular weight excluding hydrogens is 236 g/mol. The van der Waals surface area contributed by atoms with E-state index in [9.17, 15) is 14.9 Å². The lowest BCUT2D eigenvalue weighted by Crippen LogP contribution is -2.32. The highest BCUT2D eigenvalue weighted by Gasteiger charge is 2.12. The molecule has 1 N–H and O–H groups in total. The van der Waals surface area contributed by atoms with Crippen molar-refractivity contribution >= 4 is 17.4 Å². The molecule has 0 aliphatic rings. The summed E-state index contributed by atoms with van der Waals surface area (Å²) >= 11 is 0. The molecule has 0 atom stereocenters. The predicted octanol–water partition coefficient (Wildman–Crippen LogP) is 1.19. The van der Waals surface area contributed by atoms with Crippen LogP contribution in [-0.4, -0.2) is 40.9 Å². The van der Waals surface area contributed by atoms with Crippen molar-refractivity contribution in [1.29, 1.82) is 0 Å². The van der Waals surface area contributed by atoms with Crippen LogP contribution in [0.1, 0.15) is 12.5 Å². The van der Waals surface area contributed by atoms with Crippen LogP contribution in [0.4, 0.5) is 11.5 Å². The van der Waals surface area contributed by atoms with E-state index in [1.54, 1.807) is 24.9 Å². The van der Waals surface area contributed by atoms with Gasteiger partial charge in [-0.05, 0) is 19.9 Å². The monoisotopic (exact) mass is 252 g/mol. The summed E-state index contributed by atoms with van der Waals surface area (Å²) in [7, 11) is 1.71. The molecule has 1 rings (SSSR count). The molecule has 1 heterocycles. The maximum Gasteiger partial charge on any atom is 0.290 e. The summed E-state index contributed by atoms with van der Waals surface area (Å²) in [4.78, 5) is 27.1. The number of carbonyl (C=O) groups excluding carboxylic acids is 1. The Labute approximate surface area is 105 Å². The van der Waals surface area contributed by atoms with Gasteiger partial charge < -0.3 is 10.2 Å². The van der Waals surface area contributed by atoms with Crippen LogP contribution in [0.3, 0.4) is 0 Å². The SMILES string of the molecule is CCN(C)C(=O)CNc1cc(C)c([N+](=O)[O-])cn1. The van der Waals surface area contributed by atoms with Crippen molar-refractivity contribution in [2.24, 2.45) is 0 Å². The highest BCUT2D eigenvalue weighted by Crippen LogP contribution is 2.18. The van der Waals surface area contributed by atoms with Gasteiger partial charge in [0.25, 0.3) is 5.69 Å². The van der Waals surface area contributed by atoms with Gasteiger partial charge in [-0.1, -0.05) is 0 Å². The number of aromatic nitrogens is 1. The number of hydrogen-bond donors (Lipinski definition) is 1. The molecule has 0 radical (unpaired) electrons. The molecule has 18 heavy (non-hydrogen) atoms. The summed E-state index contributed by atoms with van der Waals surface area (Å²) in [6, 6.07) is 1.55. The number of aryl methyl sites for hydroxylation is 1. The van der Waals surface area contributed by atoms with Crippen molar-refractivity contribution in [1.82, 2.24) is 9.88 Å². The van der Waals surface area contributed by atoms with Crippen molar-refractivity contribution in [3.05, 3.63) is 27.9 Å². The lowest BCUT2D eigenvalue weighted by molar-refractivity contribution is -0.385. The molecule has 0 saturated carbocycles. The van der Waals surface area contributed by atoms with Gasteiger partial charge in [0.2, 0.25) is 5.91 Å². The van der Waals surface area contributed by atoms with Crippen molar-refractivity contribution in [3.63, 3.8) is 0 Å². The number of pyridine rings is 1. The zero-order valence-electron chi connectivity index (χ0n) is 10.6. The van der Waals surface area contributed by atoms with E-state index in [4.69, 9.17) is 0 Å². The smallest absolute Gasteiger partial charge is 0.290 e. The van der Waals surface area contributed by atoms with Gasteiger partial charge in [-0.25, -0.2) is 4.98 Å². The Morgan fingerprint density at radius 3 is 2.78 bits per heavy atom. The van der Waals surface area contributed by atoms with Gasteiger partial charge in [0.1, 0.15) is 12.0 Å². The Morgan fingerprint density at radius 1 is 1.61 bits per heavy atom. The number of anilines is 1. The fourth-order valence-corrected chi connectivity index (χ4v) is 1.31. The Balaban J connectivity index is 2.67. The van der Waals surface area contributed by atoms with E-state index in [1.807, 2.05) is 6.92 Å². The minimum atomic E-state index is -0.484. The van der Waals surface area contributed by atoms with Crippen LogP contribution in [0, 0.1) is 17.0 Å². The molecule has 0 saturated heterocycles. The molecule has 0 aliphatic carbocycles. The normalized spacial score (nSPS) is 9.94. The van der Waals surface area contributed by atoms with Gasteiger partial charge in [0, 0.05) is 19.2 Å². The fraction of sp³-hybridized carbons (Fsp3) is 0.455. The van der Waals surface area contributed by atoms with E-state index in [1.165, 1.54) is 6.20 Å². The first-order valence-corrected chi connectivity index (χ1v) is 5.54. The van der Waals surface area contributed by atoms with E-state index in [0.717, 1.165) is 0 Å². The number of rotatable bonds is 5. The highest BCUT2D eigenvalue weighted by molar-refractivity contribution is 5.80. The van der Waals surface area contributed by atoms with Crippen LogP contribution < -0.4 is 5.32 Å². The number of nitrogens with one attached hydrogen (secondary N) is 1. The predicted molar refractivity (Wildman–Crippen MR) is 67.4 cm³/mol. The Morgan fingerprint density at radius 2 is 2.28 bits per heavy atom. The summed E-state index contributed by atoms with van der Waals surface area (Å²) in [6.07, 6.45) is 1.19. The first-order valence-electron chi connectivity index (χ1n) is 5.54. The maximum absolute atomic E-state index is 11.5. The van der Waals surface area contributed by atoms with E-state index >= 15 is 0 Å². The number of likely N-dealkylation sites (N-methyl/N-ethyl adjacent to an activating group) is 1. The third kappa shape index (κ3) is 3.41. The molecule has 0 aromatic carbocycles. The molecular formula is C11H16N4O3. The molecule has 0 fully saturated rings. The van der Waals surface area contributed by atoms with Gasteiger partial charge in [0.15, 0.2) is 0 Å². The molecule has 7 nitrogen and oxygen atoms in total. The highest BCUT2D eigenvalue weighted by atomic mass is 16.6. The zero-order valence-corrected chi connectivity index (χ0v) is 10.6. The lowest BCUT2D eigenvalue weighted by Gasteiger charge is -2.14. The number of carbonyl (C=O) groups is 1. The van der Waals surface area contributed by atoms with Crippen molar-refractivity contribution < 1.29 is 9.72 Å². The van der Waals surface area contributed by atoms with Crippen LogP contribution in [-0.2, 0) is 4.79 Å². The van der Waals surface area contributed by atoms with Crippen molar-refractivity contribution in [2.75, 3.05) is 25.5 Å². The van der Waals surface area contributed by atoms with Crippen LogP contribution >= 0.6 is 0 Å². The van der Waals surface area contributed by atoms with E-state index < -0.39 is 4.92 Å². The van der Waals surface area contributed by atoms with E-state index in [0.29, 0.717) is 17.9 Å². The summed E-state index contributed by atoms with van der Waals surface area (Å²) in [5, 5.41) is 13.5. The van der Waals surface area contributed by atoms with Crippen molar-refractivity contribution in [2.45, 2.75) is 13.8 Å². The first kappa shape index (κ1) is 13.9. The summed E-state index contributed by atoms with van der Waals surface area (Å²) in [5.74, 6) is 0.395. The lowest BCUT2D eigenvalue weighted by atomic mass is 10.2. The Hall–Kier alpha value is -2.18. The Kier molecular flexibility index (Phi) is 4.59. The van der Waals surface area contributed by atoms with Gasteiger partial charge in [0.05, 0.1) is 11.5 Å². The summed E-state index contributed by atoms with van der Waals surface area (Å²) in [5.41, 5.74) is 0.478. The third-order valence-corrected chi connectivity index (χ3v) is 2.60. The second kappa shape index (κ2) is 5.95. The minimum Gasteiger partial charge on any atom is -0.361 e. The second-order valence-corrected chi connectivity index (χ2v) is 3.87. The molecule has 1 amide bonds. The molecule has 0 spiro atoms. The number of amides is 1. The summed E-state index contributed by atoms with van der Waals surface area (Å²) < 4.78 is 0. The first-order chi connectivity index (χ1) is 8.45. The molecule has 0 aliphatic heterocycles. The average Bonchev–Trinajstić information content (AvgIpc) is 2.34. The van der Waals surface area contributed by atoms with Crippen LogP contribution in [0.5, 0.6) is 0 Å². The van der Waals surface area contributed by atoms with Gasteiger partial charge in [-0.3, -0.25) is 14.9 Å². The molecule has 98 valence electrons. The van der Waals surface area contributed by atoms with Crippen LogP contribution in [0.15, 0.2) is 12.3 Å². The Bertz CT molecular complexity index is 462. The van der Waals surface area contributed by atoms with Crippen LogP contribution in [0.25, 0.3) is 0 Å². The number of nitrogens with zero attached hydrogens (tertiary/aromatic N) is 3. The number of nitro groups is 1. The molecule has 7 heteroatoms. The quantitative estimate of drug-likeness (QED) is 0.628. The zero-order chi connectivity index (χ0) is 13.7. The topological polar surface area (TPSA) is 88.4 Å². The van der Waals surface area contributed by atoms with Crippen molar-refractivity contribution in [3.8, 4) is 0 Å². The van der Waals surface area contributed by atoms with E-state index in [-0.39, 0.29) is 18.1 Å². The van der Waals surface area contributed by atoms with E-state index in [2.05, 4.69) is 10.3 Å². The van der Waals surface area contributed by atoms with Gasteiger partial charge in [-0.2, -0.15) is 0 Å². The van der Waals surface area contributed by atoms with Gasteiger partial charge >= 0.3 is 0 Å². The molecule has 1 aromatic rings. The standard InChI is InChI=1S/C11H16N4O3/c1-4-14(3)11(16)7-13-10-5-8(2)9(6-12-10)15(17)18/h5-6H,4,7H2,1-3H3,(H,12,13). The fourth-order valence-electron chi connectivity index (χ4n) is 1.31. The third-order valence-electron chi connectivity index (χ3n) is 2.60. The minimum absolute atomic E-state index is 0.0300. The summed E-state index contributed by atoms with van der Waals surface area (Å²) in [6.45, 7) is 4.26.